The first-order valence-electron chi connectivity index (χ1n) is 8.42. The molecule has 0 fully saturated rings. The van der Waals surface area contributed by atoms with Crippen LogP contribution in [-0.4, -0.2) is 23.4 Å². The van der Waals surface area contributed by atoms with Gasteiger partial charge in [0.1, 0.15) is 0 Å². The number of anilines is 1. The number of rotatable bonds is 6. The Morgan fingerprint density at radius 2 is 2.03 bits per heavy atom. The Bertz CT molecular complexity index is 1140. The molecule has 1 amide bonds. The van der Waals surface area contributed by atoms with Crippen LogP contribution in [0.5, 0.6) is 0 Å². The van der Waals surface area contributed by atoms with Crippen LogP contribution in [0.15, 0.2) is 48.5 Å². The van der Waals surface area contributed by atoms with E-state index in [9.17, 15) is 19.7 Å². The van der Waals surface area contributed by atoms with Crippen LogP contribution in [0.4, 0.5) is 11.4 Å². The lowest BCUT2D eigenvalue weighted by Crippen LogP contribution is -2.20. The van der Waals surface area contributed by atoms with E-state index in [0.29, 0.717) is 16.3 Å². The Morgan fingerprint density at radius 3 is 2.72 bits per heavy atom. The molecule has 0 bridgehead atoms. The average Bonchev–Trinajstić information content (AvgIpc) is 3.02. The zero-order chi connectivity index (χ0) is 21.0. The van der Waals surface area contributed by atoms with Gasteiger partial charge in [-0.2, -0.15) is 0 Å². The molecule has 1 aromatic heterocycles. The van der Waals surface area contributed by atoms with Crippen molar-refractivity contribution in [1.82, 2.24) is 0 Å². The van der Waals surface area contributed by atoms with E-state index in [-0.39, 0.29) is 5.69 Å². The van der Waals surface area contributed by atoms with Gasteiger partial charge >= 0.3 is 5.97 Å². The number of carbonyl (C=O) groups is 2. The minimum absolute atomic E-state index is 0.0723. The molecule has 0 saturated heterocycles. The number of thiophene rings is 1. The number of halogens is 1. The van der Waals surface area contributed by atoms with Gasteiger partial charge in [-0.25, -0.2) is 4.79 Å². The summed E-state index contributed by atoms with van der Waals surface area (Å²) in [6.45, 7) is 1.14. The van der Waals surface area contributed by atoms with Gasteiger partial charge in [-0.05, 0) is 30.7 Å². The number of esters is 1. The number of hydrogen-bond acceptors (Lipinski definition) is 6. The van der Waals surface area contributed by atoms with Crippen molar-refractivity contribution in [3.8, 4) is 0 Å². The molecule has 0 aliphatic heterocycles. The number of ether oxygens (including phenoxy) is 1. The number of hydrogen-bond donors (Lipinski definition) is 1. The molecule has 0 aliphatic rings. The SMILES string of the molecule is Cc1cc([N+](=O)[O-])ccc1NC(=O)COC(=O)/C=C/c1sc2ccccc2c1Cl. The van der Waals surface area contributed by atoms with Crippen molar-refractivity contribution >= 4 is 62.4 Å². The highest BCUT2D eigenvalue weighted by atomic mass is 35.5. The fraction of sp³-hybridized carbons (Fsp3) is 0.100. The third-order valence-corrected chi connectivity index (χ3v) is 5.63. The summed E-state index contributed by atoms with van der Waals surface area (Å²) in [5.74, 6) is -1.24. The predicted molar refractivity (Wildman–Crippen MR) is 113 cm³/mol. The Kier molecular flexibility index (Phi) is 6.26. The zero-order valence-corrected chi connectivity index (χ0v) is 16.8. The van der Waals surface area contributed by atoms with Crippen molar-refractivity contribution in [1.29, 1.82) is 0 Å². The topological polar surface area (TPSA) is 98.5 Å². The second-order valence-corrected chi connectivity index (χ2v) is 7.48. The van der Waals surface area contributed by atoms with Gasteiger partial charge in [0, 0.05) is 38.9 Å². The molecule has 0 radical (unpaired) electrons. The summed E-state index contributed by atoms with van der Waals surface area (Å²) in [4.78, 5) is 34.8. The highest BCUT2D eigenvalue weighted by Crippen LogP contribution is 2.35. The number of aryl methyl sites for hydroxylation is 1. The molecule has 29 heavy (non-hydrogen) atoms. The van der Waals surface area contributed by atoms with Crippen molar-refractivity contribution in [2.75, 3.05) is 11.9 Å². The maximum atomic E-state index is 12.0. The summed E-state index contributed by atoms with van der Waals surface area (Å²) >= 11 is 7.75. The lowest BCUT2D eigenvalue weighted by atomic mass is 10.2. The van der Waals surface area contributed by atoms with Gasteiger partial charge in [0.05, 0.1) is 9.95 Å². The molecule has 0 unspecified atom stereocenters. The minimum atomic E-state index is -0.686. The molecule has 1 heterocycles. The summed E-state index contributed by atoms with van der Waals surface area (Å²) < 4.78 is 5.93. The van der Waals surface area contributed by atoms with E-state index in [4.69, 9.17) is 16.3 Å². The summed E-state index contributed by atoms with van der Waals surface area (Å²) in [6.07, 6.45) is 2.76. The minimum Gasteiger partial charge on any atom is -0.452 e. The van der Waals surface area contributed by atoms with Gasteiger partial charge in [0.2, 0.25) is 0 Å². The fourth-order valence-electron chi connectivity index (χ4n) is 2.56. The number of nitrogens with zero attached hydrogens (tertiary/aromatic N) is 1. The third kappa shape index (κ3) is 4.98. The van der Waals surface area contributed by atoms with Gasteiger partial charge in [0.15, 0.2) is 6.61 Å². The first-order valence-corrected chi connectivity index (χ1v) is 9.61. The van der Waals surface area contributed by atoms with Crippen LogP contribution in [0.1, 0.15) is 10.4 Å². The van der Waals surface area contributed by atoms with Crippen LogP contribution in [0, 0.1) is 17.0 Å². The van der Waals surface area contributed by atoms with Crippen molar-refractivity contribution in [2.45, 2.75) is 6.92 Å². The number of nitro benzene ring substituents is 1. The van der Waals surface area contributed by atoms with E-state index < -0.39 is 23.4 Å². The van der Waals surface area contributed by atoms with E-state index in [0.717, 1.165) is 15.0 Å². The van der Waals surface area contributed by atoms with Gasteiger partial charge in [-0.1, -0.05) is 29.8 Å². The normalized spacial score (nSPS) is 11.0. The number of nitro groups is 1. The summed E-state index contributed by atoms with van der Waals surface area (Å²) in [7, 11) is 0. The standard InChI is InChI=1S/C20H15ClN2O5S/c1-12-10-13(23(26)27)6-7-15(12)22-18(24)11-28-19(25)9-8-17-20(21)14-4-2-3-5-16(14)29-17/h2-10H,11H2,1H3,(H,22,24)/b9-8+. The highest BCUT2D eigenvalue weighted by Gasteiger charge is 2.12. The molecule has 0 saturated carbocycles. The monoisotopic (exact) mass is 430 g/mol. The molecule has 2 aromatic carbocycles. The number of non-ortho nitro benzene ring substituents is 1. The van der Waals surface area contributed by atoms with Crippen molar-refractivity contribution in [3.63, 3.8) is 0 Å². The average molecular weight is 431 g/mol. The van der Waals surface area contributed by atoms with E-state index in [1.165, 1.54) is 35.6 Å². The first-order chi connectivity index (χ1) is 13.8. The van der Waals surface area contributed by atoms with Gasteiger partial charge in [-0.3, -0.25) is 14.9 Å². The maximum absolute atomic E-state index is 12.0. The number of amides is 1. The molecule has 1 N–H and O–H groups in total. The molecule has 9 heteroatoms. The fourth-order valence-corrected chi connectivity index (χ4v) is 3.96. The largest absolute Gasteiger partial charge is 0.452 e. The van der Waals surface area contributed by atoms with Crippen LogP contribution in [0.25, 0.3) is 16.2 Å². The lowest BCUT2D eigenvalue weighted by molar-refractivity contribution is -0.384. The molecule has 0 atom stereocenters. The first kappa shape index (κ1) is 20.5. The quantitative estimate of drug-likeness (QED) is 0.258. The molecule has 7 nitrogen and oxygen atoms in total. The van der Waals surface area contributed by atoms with E-state index in [1.807, 2.05) is 24.3 Å². The van der Waals surface area contributed by atoms with Crippen LogP contribution in [0.3, 0.4) is 0 Å². The van der Waals surface area contributed by atoms with Crippen LogP contribution in [-0.2, 0) is 14.3 Å². The Morgan fingerprint density at radius 1 is 1.28 bits per heavy atom. The summed E-state index contributed by atoms with van der Waals surface area (Å²) in [6, 6.07) is 11.7. The second-order valence-electron chi connectivity index (χ2n) is 6.02. The molecular formula is C20H15ClN2O5S. The number of fused-ring (bicyclic) bond motifs is 1. The Hall–Kier alpha value is -3.23. The predicted octanol–water partition coefficient (Wildman–Crippen LogP) is 4.97. The van der Waals surface area contributed by atoms with E-state index in [2.05, 4.69) is 5.32 Å². The van der Waals surface area contributed by atoms with Crippen LogP contribution >= 0.6 is 22.9 Å². The molecule has 3 aromatic rings. The van der Waals surface area contributed by atoms with Crippen LogP contribution in [0.2, 0.25) is 5.02 Å². The summed E-state index contributed by atoms with van der Waals surface area (Å²) in [5, 5.41) is 14.8. The molecule has 148 valence electrons. The van der Waals surface area contributed by atoms with Gasteiger partial charge < -0.3 is 10.1 Å². The third-order valence-electron chi connectivity index (χ3n) is 3.97. The Labute approximate surface area is 174 Å². The number of nitrogens with one attached hydrogen (secondary N) is 1. The molecule has 0 spiro atoms. The molecule has 0 aliphatic carbocycles. The highest BCUT2D eigenvalue weighted by molar-refractivity contribution is 7.20. The van der Waals surface area contributed by atoms with Crippen LogP contribution < -0.4 is 5.32 Å². The number of carbonyl (C=O) groups excluding carboxylic acids is 2. The van der Waals surface area contributed by atoms with Crippen molar-refractivity contribution in [2.24, 2.45) is 0 Å². The zero-order valence-electron chi connectivity index (χ0n) is 15.2. The Balaban J connectivity index is 1.56. The molecular weight excluding hydrogens is 416 g/mol. The van der Waals surface area contributed by atoms with E-state index >= 15 is 0 Å². The lowest BCUT2D eigenvalue weighted by Gasteiger charge is -2.08. The second kappa shape index (κ2) is 8.85. The number of benzene rings is 2. The van der Waals surface area contributed by atoms with Crippen molar-refractivity contribution in [3.05, 3.63) is 74.1 Å². The molecule has 3 rings (SSSR count). The van der Waals surface area contributed by atoms with Gasteiger partial charge in [0.25, 0.3) is 11.6 Å². The summed E-state index contributed by atoms with van der Waals surface area (Å²) in [5.41, 5.74) is 0.861. The van der Waals surface area contributed by atoms with Crippen molar-refractivity contribution < 1.29 is 19.2 Å². The van der Waals surface area contributed by atoms with E-state index in [1.54, 1.807) is 13.0 Å². The maximum Gasteiger partial charge on any atom is 0.331 e. The van der Waals surface area contributed by atoms with Gasteiger partial charge in [-0.15, -0.1) is 11.3 Å². The smallest absolute Gasteiger partial charge is 0.331 e.